The standard InChI is InChI=1S/C12H16N2O5/c1-8(11(16)13-5-6-19-2)14-7-9(12(17)18)3-4-10(14)15/h3-4,7-8H,5-6H2,1-2H3,(H,13,16)(H,17,18). The molecule has 1 heterocycles. The number of pyridine rings is 1. The fourth-order valence-corrected chi connectivity index (χ4v) is 1.48. The van der Waals surface area contributed by atoms with Gasteiger partial charge in [0.25, 0.3) is 5.56 Å². The Morgan fingerprint density at radius 3 is 2.74 bits per heavy atom. The lowest BCUT2D eigenvalue weighted by atomic mass is 10.2. The highest BCUT2D eigenvalue weighted by Crippen LogP contribution is 2.04. The van der Waals surface area contributed by atoms with Crippen LogP contribution in [0, 0.1) is 0 Å². The van der Waals surface area contributed by atoms with E-state index in [9.17, 15) is 14.4 Å². The van der Waals surface area contributed by atoms with Crippen LogP contribution in [-0.2, 0) is 9.53 Å². The molecular formula is C12H16N2O5. The maximum absolute atomic E-state index is 11.8. The van der Waals surface area contributed by atoms with Crippen molar-refractivity contribution in [1.29, 1.82) is 0 Å². The number of carboxylic acid groups (broad SMARTS) is 1. The molecule has 1 amide bonds. The fourth-order valence-electron chi connectivity index (χ4n) is 1.48. The second-order valence-corrected chi connectivity index (χ2v) is 3.93. The third-order valence-corrected chi connectivity index (χ3v) is 2.59. The third-order valence-electron chi connectivity index (χ3n) is 2.59. The van der Waals surface area contributed by atoms with E-state index in [1.165, 1.54) is 20.1 Å². The molecule has 0 saturated carbocycles. The smallest absolute Gasteiger partial charge is 0.337 e. The summed E-state index contributed by atoms with van der Waals surface area (Å²) in [4.78, 5) is 34.2. The minimum absolute atomic E-state index is 0.0452. The molecule has 104 valence electrons. The van der Waals surface area contributed by atoms with Gasteiger partial charge < -0.3 is 19.7 Å². The largest absolute Gasteiger partial charge is 0.478 e. The molecule has 7 heteroatoms. The Balaban J connectivity index is 2.89. The quantitative estimate of drug-likeness (QED) is 0.700. The van der Waals surface area contributed by atoms with E-state index in [1.807, 2.05) is 0 Å². The van der Waals surface area contributed by atoms with E-state index in [2.05, 4.69) is 5.32 Å². The van der Waals surface area contributed by atoms with Gasteiger partial charge in [0.05, 0.1) is 12.2 Å². The first kappa shape index (κ1) is 14.9. The summed E-state index contributed by atoms with van der Waals surface area (Å²) in [5, 5.41) is 11.4. The van der Waals surface area contributed by atoms with Gasteiger partial charge in [0.15, 0.2) is 0 Å². The Labute approximate surface area is 109 Å². The number of aromatic nitrogens is 1. The Hall–Kier alpha value is -2.15. The number of carbonyl (C=O) groups excluding carboxylic acids is 1. The first-order valence-corrected chi connectivity index (χ1v) is 5.69. The number of rotatable bonds is 6. The minimum Gasteiger partial charge on any atom is -0.478 e. The highest BCUT2D eigenvalue weighted by Gasteiger charge is 2.16. The number of carboxylic acids is 1. The molecule has 19 heavy (non-hydrogen) atoms. The topological polar surface area (TPSA) is 97.6 Å². The number of hydrogen-bond acceptors (Lipinski definition) is 4. The molecule has 0 fully saturated rings. The number of nitrogens with zero attached hydrogens (tertiary/aromatic N) is 1. The van der Waals surface area contributed by atoms with Crippen LogP contribution >= 0.6 is 0 Å². The number of methoxy groups -OCH3 is 1. The lowest BCUT2D eigenvalue weighted by molar-refractivity contribution is -0.124. The van der Waals surface area contributed by atoms with E-state index in [0.29, 0.717) is 13.2 Å². The zero-order valence-electron chi connectivity index (χ0n) is 10.8. The Kier molecular flexibility index (Phi) is 5.25. The van der Waals surface area contributed by atoms with Crippen molar-refractivity contribution in [2.24, 2.45) is 0 Å². The lowest BCUT2D eigenvalue weighted by Crippen LogP contribution is -2.37. The zero-order valence-corrected chi connectivity index (χ0v) is 10.8. The van der Waals surface area contributed by atoms with Crippen molar-refractivity contribution in [2.75, 3.05) is 20.3 Å². The van der Waals surface area contributed by atoms with Gasteiger partial charge in [-0.25, -0.2) is 4.79 Å². The number of aromatic carboxylic acids is 1. The van der Waals surface area contributed by atoms with Gasteiger partial charge in [-0.15, -0.1) is 0 Å². The second-order valence-electron chi connectivity index (χ2n) is 3.93. The van der Waals surface area contributed by atoms with E-state index in [4.69, 9.17) is 9.84 Å². The maximum atomic E-state index is 11.8. The molecule has 1 unspecified atom stereocenters. The SMILES string of the molecule is COCCNC(=O)C(C)n1cc(C(=O)O)ccc1=O. The molecule has 1 aromatic heterocycles. The Bertz CT molecular complexity index is 523. The summed E-state index contributed by atoms with van der Waals surface area (Å²) >= 11 is 0. The number of nitrogens with one attached hydrogen (secondary N) is 1. The molecule has 0 bridgehead atoms. The molecule has 0 aromatic carbocycles. The fraction of sp³-hybridized carbons (Fsp3) is 0.417. The lowest BCUT2D eigenvalue weighted by Gasteiger charge is -2.15. The van der Waals surface area contributed by atoms with Crippen LogP contribution in [0.4, 0.5) is 0 Å². The summed E-state index contributed by atoms with van der Waals surface area (Å²) in [6, 6.07) is 1.54. The molecule has 0 radical (unpaired) electrons. The third kappa shape index (κ3) is 3.92. The van der Waals surface area contributed by atoms with Crippen LogP contribution < -0.4 is 10.9 Å². The molecule has 0 aliphatic rings. The van der Waals surface area contributed by atoms with E-state index in [-0.39, 0.29) is 11.5 Å². The molecule has 1 atom stereocenters. The van der Waals surface area contributed by atoms with Crippen LogP contribution in [0.2, 0.25) is 0 Å². The van der Waals surface area contributed by atoms with Crippen LogP contribution in [0.5, 0.6) is 0 Å². The zero-order chi connectivity index (χ0) is 14.4. The maximum Gasteiger partial charge on any atom is 0.337 e. The first-order valence-electron chi connectivity index (χ1n) is 5.69. The Morgan fingerprint density at radius 1 is 1.47 bits per heavy atom. The first-order chi connectivity index (χ1) is 8.97. The average Bonchev–Trinajstić information content (AvgIpc) is 2.38. The number of carbonyl (C=O) groups is 2. The molecule has 2 N–H and O–H groups in total. The normalized spacial score (nSPS) is 11.9. The van der Waals surface area contributed by atoms with Gasteiger partial charge >= 0.3 is 5.97 Å². The number of amides is 1. The highest BCUT2D eigenvalue weighted by atomic mass is 16.5. The summed E-state index contributed by atoms with van der Waals surface area (Å²) < 4.78 is 5.88. The van der Waals surface area contributed by atoms with Crippen molar-refractivity contribution in [3.8, 4) is 0 Å². The summed E-state index contributed by atoms with van der Waals surface area (Å²) in [7, 11) is 1.51. The van der Waals surface area contributed by atoms with Crippen LogP contribution in [-0.4, -0.2) is 41.8 Å². The van der Waals surface area contributed by atoms with E-state index >= 15 is 0 Å². The minimum atomic E-state index is -1.15. The van der Waals surface area contributed by atoms with Gasteiger partial charge in [-0.1, -0.05) is 0 Å². The van der Waals surface area contributed by atoms with Crippen LogP contribution in [0.1, 0.15) is 23.3 Å². The van der Waals surface area contributed by atoms with Gasteiger partial charge in [-0.2, -0.15) is 0 Å². The van der Waals surface area contributed by atoms with Crippen LogP contribution in [0.3, 0.4) is 0 Å². The van der Waals surface area contributed by atoms with E-state index < -0.39 is 17.6 Å². The van der Waals surface area contributed by atoms with E-state index in [1.54, 1.807) is 0 Å². The molecule has 0 aliphatic carbocycles. The van der Waals surface area contributed by atoms with Crippen molar-refractivity contribution >= 4 is 11.9 Å². The summed E-state index contributed by atoms with van der Waals surface area (Å²) in [6.45, 7) is 2.21. The van der Waals surface area contributed by atoms with Gasteiger partial charge in [0.2, 0.25) is 5.91 Å². The summed E-state index contributed by atoms with van der Waals surface area (Å²) in [6.07, 6.45) is 1.16. The van der Waals surface area contributed by atoms with Crippen molar-refractivity contribution in [3.05, 3.63) is 34.2 Å². The second kappa shape index (κ2) is 6.69. The van der Waals surface area contributed by atoms with Crippen molar-refractivity contribution < 1.29 is 19.4 Å². The Morgan fingerprint density at radius 2 is 2.16 bits per heavy atom. The van der Waals surface area contributed by atoms with Crippen molar-refractivity contribution in [1.82, 2.24) is 9.88 Å². The molecule has 1 rings (SSSR count). The molecule has 0 spiro atoms. The predicted octanol–water partition coefficient (Wildman–Crippen LogP) is -0.130. The predicted molar refractivity (Wildman–Crippen MR) is 67.3 cm³/mol. The molecular weight excluding hydrogens is 252 g/mol. The van der Waals surface area contributed by atoms with Gasteiger partial charge in [0, 0.05) is 25.9 Å². The molecule has 7 nitrogen and oxygen atoms in total. The van der Waals surface area contributed by atoms with Crippen LogP contribution in [0.25, 0.3) is 0 Å². The van der Waals surface area contributed by atoms with E-state index in [0.717, 1.165) is 16.8 Å². The monoisotopic (exact) mass is 268 g/mol. The van der Waals surface area contributed by atoms with Gasteiger partial charge in [0.1, 0.15) is 6.04 Å². The van der Waals surface area contributed by atoms with Crippen molar-refractivity contribution in [2.45, 2.75) is 13.0 Å². The highest BCUT2D eigenvalue weighted by molar-refractivity contribution is 5.87. The number of ether oxygens (including phenoxy) is 1. The van der Waals surface area contributed by atoms with Gasteiger partial charge in [-0.05, 0) is 13.0 Å². The van der Waals surface area contributed by atoms with Crippen molar-refractivity contribution in [3.63, 3.8) is 0 Å². The summed E-state index contributed by atoms with van der Waals surface area (Å²) in [5.41, 5.74) is -0.476. The van der Waals surface area contributed by atoms with Gasteiger partial charge in [-0.3, -0.25) is 9.59 Å². The average molecular weight is 268 g/mol. The van der Waals surface area contributed by atoms with Crippen LogP contribution in [0.15, 0.2) is 23.1 Å². The molecule has 0 saturated heterocycles. The molecule has 1 aromatic rings. The molecule has 0 aliphatic heterocycles. The number of hydrogen-bond donors (Lipinski definition) is 2. The summed E-state index contributed by atoms with van der Waals surface area (Å²) in [5.74, 6) is -1.53.